The Bertz CT molecular complexity index is 375. The Balaban J connectivity index is 2.09. The zero-order valence-electron chi connectivity index (χ0n) is 11.4. The molecule has 106 valence electrons. The van der Waals surface area contributed by atoms with Crippen LogP contribution in [0.4, 0.5) is 0 Å². The van der Waals surface area contributed by atoms with E-state index < -0.39 is 14.8 Å². The number of piperidine rings is 1. The van der Waals surface area contributed by atoms with Crippen molar-refractivity contribution >= 4 is 10.0 Å². The predicted octanol–water partition coefficient (Wildman–Crippen LogP) is 0.142. The van der Waals surface area contributed by atoms with E-state index in [4.69, 9.17) is 0 Å². The maximum absolute atomic E-state index is 12.6. The van der Waals surface area contributed by atoms with E-state index >= 15 is 0 Å². The Morgan fingerprint density at radius 3 is 2.72 bits per heavy atom. The first kappa shape index (κ1) is 14.2. The van der Waals surface area contributed by atoms with Gasteiger partial charge in [-0.1, -0.05) is 6.42 Å². The molecule has 18 heavy (non-hydrogen) atoms. The quantitative estimate of drug-likeness (QED) is 0.753. The molecule has 2 saturated heterocycles. The molecule has 1 atom stereocenters. The highest BCUT2D eigenvalue weighted by atomic mass is 32.2. The number of nitrogens with one attached hydrogen (secondary N) is 2. The molecule has 0 radical (unpaired) electrons. The second-order valence-corrected chi connectivity index (χ2v) is 8.52. The van der Waals surface area contributed by atoms with Gasteiger partial charge >= 0.3 is 0 Å². The van der Waals surface area contributed by atoms with Crippen LogP contribution in [0.5, 0.6) is 0 Å². The highest BCUT2D eigenvalue weighted by Gasteiger charge is 2.41. The first-order valence-electron chi connectivity index (χ1n) is 6.87. The van der Waals surface area contributed by atoms with Gasteiger partial charge in [0.25, 0.3) is 0 Å². The van der Waals surface area contributed by atoms with E-state index in [1.54, 1.807) is 4.31 Å². The number of nitrogens with zero attached hydrogens (tertiary/aromatic N) is 1. The summed E-state index contributed by atoms with van der Waals surface area (Å²) < 4.78 is 26.1. The first-order chi connectivity index (χ1) is 8.43. The van der Waals surface area contributed by atoms with Crippen molar-refractivity contribution in [2.45, 2.75) is 43.9 Å². The summed E-state index contributed by atoms with van der Waals surface area (Å²) in [5, 5.41) is 6.64. The summed E-state index contributed by atoms with van der Waals surface area (Å²) in [4.78, 5) is 0. The van der Waals surface area contributed by atoms with Crippen LogP contribution >= 0.6 is 0 Å². The fraction of sp³-hybridized carbons (Fsp3) is 1.00. The van der Waals surface area contributed by atoms with Gasteiger partial charge in [0, 0.05) is 32.2 Å². The fourth-order valence-corrected chi connectivity index (χ4v) is 4.36. The molecular weight excluding hydrogens is 250 g/mol. The normalized spacial score (nSPS) is 32.9. The average Bonchev–Trinajstić information content (AvgIpc) is 2.42. The fourth-order valence-electron chi connectivity index (χ4n) is 2.67. The molecule has 2 heterocycles. The minimum Gasteiger partial charge on any atom is -0.314 e. The summed E-state index contributed by atoms with van der Waals surface area (Å²) >= 11 is 0. The maximum Gasteiger partial charge on any atom is 0.220 e. The van der Waals surface area contributed by atoms with Gasteiger partial charge in [-0.05, 0) is 33.2 Å². The first-order valence-corrected chi connectivity index (χ1v) is 8.31. The molecule has 0 spiro atoms. The molecule has 0 bridgehead atoms. The van der Waals surface area contributed by atoms with Crippen molar-refractivity contribution in [3.05, 3.63) is 0 Å². The topological polar surface area (TPSA) is 61.4 Å². The van der Waals surface area contributed by atoms with E-state index in [0.717, 1.165) is 19.5 Å². The second-order valence-electron chi connectivity index (χ2n) is 5.95. The highest BCUT2D eigenvalue weighted by molar-refractivity contribution is 7.90. The van der Waals surface area contributed by atoms with Crippen LogP contribution < -0.4 is 10.6 Å². The van der Waals surface area contributed by atoms with Crippen LogP contribution in [0.15, 0.2) is 0 Å². The van der Waals surface area contributed by atoms with Crippen LogP contribution in [-0.2, 0) is 10.0 Å². The lowest BCUT2D eigenvalue weighted by Gasteiger charge is -2.33. The zero-order chi connectivity index (χ0) is 13.2. The lowest BCUT2D eigenvalue weighted by atomic mass is 10.1. The number of hydrogen-bond donors (Lipinski definition) is 2. The van der Waals surface area contributed by atoms with Gasteiger partial charge in [0.1, 0.15) is 0 Å². The van der Waals surface area contributed by atoms with Gasteiger partial charge in [-0.15, -0.1) is 0 Å². The molecule has 5 nitrogen and oxygen atoms in total. The van der Waals surface area contributed by atoms with Gasteiger partial charge in [-0.3, -0.25) is 0 Å². The van der Waals surface area contributed by atoms with Crippen molar-refractivity contribution in [1.82, 2.24) is 14.9 Å². The molecule has 0 aliphatic carbocycles. The summed E-state index contributed by atoms with van der Waals surface area (Å²) in [6, 6.07) is 0.322. The van der Waals surface area contributed by atoms with Gasteiger partial charge in [-0.2, -0.15) is 4.31 Å². The molecule has 2 N–H and O–H groups in total. The van der Waals surface area contributed by atoms with Crippen LogP contribution in [0.25, 0.3) is 0 Å². The van der Waals surface area contributed by atoms with E-state index in [1.165, 1.54) is 12.8 Å². The third-order valence-electron chi connectivity index (χ3n) is 3.96. The Labute approximate surface area is 110 Å². The standard InChI is InChI=1S/C12H25N3O2S/c1-12(2)10-13-7-8-15(18(12,16)17)9-11-5-3-4-6-14-11/h11,13-14H,3-10H2,1-2H3. The third kappa shape index (κ3) is 2.87. The third-order valence-corrected chi connectivity index (χ3v) is 6.52. The monoisotopic (exact) mass is 275 g/mol. The molecule has 2 rings (SSSR count). The molecule has 0 aromatic heterocycles. The van der Waals surface area contributed by atoms with Gasteiger partial charge < -0.3 is 10.6 Å². The van der Waals surface area contributed by atoms with Crippen molar-refractivity contribution in [3.63, 3.8) is 0 Å². The SMILES string of the molecule is CC1(C)CNCCN(CC2CCCCN2)S1(=O)=O. The highest BCUT2D eigenvalue weighted by Crippen LogP contribution is 2.23. The van der Waals surface area contributed by atoms with Gasteiger partial charge in [0.05, 0.1) is 4.75 Å². The Morgan fingerprint density at radius 1 is 1.28 bits per heavy atom. The molecule has 0 aromatic carbocycles. The van der Waals surface area contributed by atoms with E-state index in [2.05, 4.69) is 10.6 Å². The molecule has 1 unspecified atom stereocenters. The summed E-state index contributed by atoms with van der Waals surface area (Å²) in [6.07, 6.45) is 3.49. The molecule has 0 amide bonds. The largest absolute Gasteiger partial charge is 0.314 e. The summed E-state index contributed by atoms with van der Waals surface area (Å²) in [5.41, 5.74) is 0. The minimum atomic E-state index is -3.21. The van der Waals surface area contributed by atoms with E-state index in [1.807, 2.05) is 13.8 Å². The van der Waals surface area contributed by atoms with Crippen molar-refractivity contribution in [3.8, 4) is 0 Å². The van der Waals surface area contributed by atoms with E-state index in [0.29, 0.717) is 25.7 Å². The lowest BCUT2D eigenvalue weighted by Crippen LogP contribution is -2.51. The summed E-state index contributed by atoms with van der Waals surface area (Å²) in [6.45, 7) is 7.11. The second kappa shape index (κ2) is 5.45. The minimum absolute atomic E-state index is 0.322. The Hall–Kier alpha value is -0.170. The number of sulfonamides is 1. The molecule has 2 aliphatic heterocycles. The molecule has 0 aromatic rings. The van der Waals surface area contributed by atoms with Crippen LogP contribution in [0.3, 0.4) is 0 Å². The maximum atomic E-state index is 12.6. The number of hydrogen-bond acceptors (Lipinski definition) is 4. The van der Waals surface area contributed by atoms with Crippen molar-refractivity contribution in [2.75, 3.05) is 32.7 Å². The molecule has 0 saturated carbocycles. The van der Waals surface area contributed by atoms with E-state index in [9.17, 15) is 8.42 Å². The molecule has 2 aliphatic rings. The van der Waals surface area contributed by atoms with Crippen molar-refractivity contribution in [2.24, 2.45) is 0 Å². The molecule has 6 heteroatoms. The Kier molecular flexibility index (Phi) is 4.31. The Morgan fingerprint density at radius 2 is 2.06 bits per heavy atom. The zero-order valence-corrected chi connectivity index (χ0v) is 12.2. The summed E-state index contributed by atoms with van der Waals surface area (Å²) in [5.74, 6) is 0. The van der Waals surface area contributed by atoms with Crippen molar-refractivity contribution < 1.29 is 8.42 Å². The van der Waals surface area contributed by atoms with Crippen LogP contribution in [0.2, 0.25) is 0 Å². The summed E-state index contributed by atoms with van der Waals surface area (Å²) in [7, 11) is -3.21. The van der Waals surface area contributed by atoms with Crippen molar-refractivity contribution in [1.29, 1.82) is 0 Å². The van der Waals surface area contributed by atoms with Crippen LogP contribution in [-0.4, -0.2) is 56.2 Å². The van der Waals surface area contributed by atoms with Gasteiger partial charge in [0.2, 0.25) is 10.0 Å². The average molecular weight is 275 g/mol. The van der Waals surface area contributed by atoms with Gasteiger partial charge in [-0.25, -0.2) is 8.42 Å². The van der Waals surface area contributed by atoms with Crippen LogP contribution in [0, 0.1) is 0 Å². The molecule has 2 fully saturated rings. The smallest absolute Gasteiger partial charge is 0.220 e. The molecular formula is C12H25N3O2S. The van der Waals surface area contributed by atoms with Crippen LogP contribution in [0.1, 0.15) is 33.1 Å². The predicted molar refractivity (Wildman–Crippen MR) is 73.1 cm³/mol. The van der Waals surface area contributed by atoms with Gasteiger partial charge in [0.15, 0.2) is 0 Å². The number of rotatable bonds is 2. The lowest BCUT2D eigenvalue weighted by molar-refractivity contribution is 0.314. The van der Waals surface area contributed by atoms with E-state index in [-0.39, 0.29) is 0 Å².